The molecule has 3 rings (SSSR count). The number of rotatable bonds is 4. The molecule has 0 spiro atoms. The number of halogens is 2. The van der Waals surface area contributed by atoms with Crippen LogP contribution in [0.5, 0.6) is 0 Å². The maximum absolute atomic E-state index is 12.9. The fraction of sp³-hybridized carbons (Fsp3) is 0.0714. The number of carbonyl (C=O) groups excluding carboxylic acids is 1. The predicted octanol–water partition coefficient (Wildman–Crippen LogP) is 2.96. The number of amides is 1. The third-order valence-corrected chi connectivity index (χ3v) is 3.94. The number of benzene rings is 1. The topological polar surface area (TPSA) is 80.7 Å². The van der Waals surface area contributed by atoms with Gasteiger partial charge in [0.1, 0.15) is 10.8 Å². The van der Waals surface area contributed by atoms with E-state index in [1.807, 2.05) is 0 Å². The third kappa shape index (κ3) is 3.85. The van der Waals surface area contributed by atoms with E-state index in [9.17, 15) is 9.18 Å². The van der Waals surface area contributed by atoms with Crippen LogP contribution in [0.2, 0.25) is 5.15 Å². The second-order valence-corrected chi connectivity index (χ2v) is 5.87. The van der Waals surface area contributed by atoms with Crippen molar-refractivity contribution in [3.63, 3.8) is 0 Å². The van der Waals surface area contributed by atoms with Gasteiger partial charge in [-0.15, -0.1) is 10.2 Å². The molecule has 0 atom stereocenters. The van der Waals surface area contributed by atoms with Gasteiger partial charge in [-0.3, -0.25) is 10.1 Å². The van der Waals surface area contributed by atoms with E-state index < -0.39 is 5.91 Å². The highest BCUT2D eigenvalue weighted by atomic mass is 35.5. The maximum atomic E-state index is 12.9. The molecule has 6 nitrogen and oxygen atoms in total. The average molecular weight is 350 g/mol. The molecule has 23 heavy (non-hydrogen) atoms. The summed E-state index contributed by atoms with van der Waals surface area (Å²) in [6.07, 6.45) is 3.27. The molecule has 3 aromatic rings. The van der Waals surface area contributed by atoms with Gasteiger partial charge in [-0.25, -0.2) is 14.4 Å². The number of nitrogens with one attached hydrogen (secondary N) is 1. The molecule has 2 heterocycles. The first kappa shape index (κ1) is 15.4. The maximum Gasteiger partial charge on any atom is 0.279 e. The van der Waals surface area contributed by atoms with Crippen molar-refractivity contribution in [2.24, 2.45) is 0 Å². The number of hydrogen-bond acceptors (Lipinski definition) is 6. The summed E-state index contributed by atoms with van der Waals surface area (Å²) in [5.74, 6) is -0.799. The smallest absolute Gasteiger partial charge is 0.279 e. The molecule has 0 bridgehead atoms. The monoisotopic (exact) mass is 349 g/mol. The van der Waals surface area contributed by atoms with Crippen molar-refractivity contribution in [2.75, 3.05) is 5.32 Å². The van der Waals surface area contributed by atoms with Crippen LogP contribution >= 0.6 is 22.9 Å². The lowest BCUT2D eigenvalue weighted by Gasteiger charge is -2.00. The molecule has 0 saturated carbocycles. The molecular weight excluding hydrogens is 341 g/mol. The Kier molecular flexibility index (Phi) is 4.54. The Labute approximate surface area is 139 Å². The fourth-order valence-electron chi connectivity index (χ4n) is 1.78. The van der Waals surface area contributed by atoms with Crippen molar-refractivity contribution in [3.8, 4) is 0 Å². The molecule has 0 aliphatic carbocycles. The summed E-state index contributed by atoms with van der Waals surface area (Å²) in [6.45, 7) is 0. The number of anilines is 1. The van der Waals surface area contributed by atoms with Crippen molar-refractivity contribution in [2.45, 2.75) is 6.42 Å². The Balaban J connectivity index is 1.69. The summed E-state index contributed by atoms with van der Waals surface area (Å²) < 4.78 is 12.9. The van der Waals surface area contributed by atoms with Gasteiger partial charge in [-0.2, -0.15) is 0 Å². The number of nitrogens with zero attached hydrogens (tertiary/aromatic N) is 4. The van der Waals surface area contributed by atoms with Gasteiger partial charge in [0.05, 0.1) is 0 Å². The van der Waals surface area contributed by atoms with E-state index in [1.54, 1.807) is 12.1 Å². The molecule has 116 valence electrons. The molecule has 0 saturated heterocycles. The van der Waals surface area contributed by atoms with Crippen molar-refractivity contribution >= 4 is 34.0 Å². The lowest BCUT2D eigenvalue weighted by molar-refractivity contribution is 0.102. The summed E-state index contributed by atoms with van der Waals surface area (Å²) in [5, 5.41) is 11.5. The minimum Gasteiger partial charge on any atom is -0.295 e. The molecule has 1 amide bonds. The van der Waals surface area contributed by atoms with E-state index >= 15 is 0 Å². The van der Waals surface area contributed by atoms with Crippen LogP contribution in [0.15, 0.2) is 36.7 Å². The lowest BCUT2D eigenvalue weighted by atomic mass is 10.2. The van der Waals surface area contributed by atoms with E-state index in [0.29, 0.717) is 16.6 Å². The molecule has 0 aliphatic heterocycles. The Morgan fingerprint density at radius 3 is 2.65 bits per heavy atom. The lowest BCUT2D eigenvalue weighted by Crippen LogP contribution is -2.14. The van der Waals surface area contributed by atoms with Crippen LogP contribution in [0.4, 0.5) is 9.52 Å². The number of aromatic nitrogens is 4. The van der Waals surface area contributed by atoms with Gasteiger partial charge in [0.2, 0.25) is 5.13 Å². The second kappa shape index (κ2) is 6.76. The van der Waals surface area contributed by atoms with E-state index in [2.05, 4.69) is 25.5 Å². The zero-order valence-electron chi connectivity index (χ0n) is 11.5. The summed E-state index contributed by atoms with van der Waals surface area (Å²) in [7, 11) is 0. The highest BCUT2D eigenvalue weighted by Crippen LogP contribution is 2.20. The van der Waals surface area contributed by atoms with E-state index in [-0.39, 0.29) is 16.7 Å². The summed E-state index contributed by atoms with van der Waals surface area (Å²) in [5.41, 5.74) is 0.918. The Morgan fingerprint density at radius 2 is 1.91 bits per heavy atom. The molecule has 0 unspecified atom stereocenters. The SMILES string of the molecule is O=C(Nc1nnc(Cc2ccc(F)cc2)s1)c1nccnc1Cl. The standard InChI is InChI=1S/C14H9ClFN5OS/c15-12-11(17-5-6-18-12)13(22)19-14-21-20-10(23-14)7-8-1-3-9(16)4-2-8/h1-6H,7H2,(H,19,21,22). The van der Waals surface area contributed by atoms with Gasteiger partial charge in [0.25, 0.3) is 5.91 Å². The molecule has 0 fully saturated rings. The van der Waals surface area contributed by atoms with Crippen LogP contribution in [0.3, 0.4) is 0 Å². The zero-order chi connectivity index (χ0) is 16.2. The third-order valence-electron chi connectivity index (χ3n) is 2.82. The molecule has 9 heteroatoms. The first-order valence-electron chi connectivity index (χ1n) is 6.46. The van der Waals surface area contributed by atoms with E-state index in [1.165, 1.54) is 35.9 Å². The Bertz CT molecular complexity index is 839. The normalized spacial score (nSPS) is 10.5. The van der Waals surface area contributed by atoms with E-state index in [4.69, 9.17) is 11.6 Å². The molecular formula is C14H9ClFN5OS. The van der Waals surface area contributed by atoms with Crippen LogP contribution in [-0.4, -0.2) is 26.1 Å². The Hall–Kier alpha value is -2.45. The van der Waals surface area contributed by atoms with Gasteiger partial charge < -0.3 is 0 Å². The van der Waals surface area contributed by atoms with Crippen molar-refractivity contribution in [1.82, 2.24) is 20.2 Å². The second-order valence-electron chi connectivity index (χ2n) is 4.45. The molecule has 1 N–H and O–H groups in total. The van der Waals surface area contributed by atoms with Crippen molar-refractivity contribution in [3.05, 3.63) is 63.9 Å². The average Bonchev–Trinajstić information content (AvgIpc) is 2.97. The largest absolute Gasteiger partial charge is 0.295 e. The van der Waals surface area contributed by atoms with Crippen LogP contribution in [-0.2, 0) is 6.42 Å². The number of hydrogen-bond donors (Lipinski definition) is 1. The quantitative estimate of drug-likeness (QED) is 0.783. The van der Waals surface area contributed by atoms with Gasteiger partial charge in [-0.1, -0.05) is 35.1 Å². The zero-order valence-corrected chi connectivity index (χ0v) is 13.1. The van der Waals surface area contributed by atoms with Gasteiger partial charge in [-0.05, 0) is 17.7 Å². The van der Waals surface area contributed by atoms with Crippen molar-refractivity contribution < 1.29 is 9.18 Å². The van der Waals surface area contributed by atoms with Crippen LogP contribution in [0, 0.1) is 5.82 Å². The first-order valence-corrected chi connectivity index (χ1v) is 7.66. The van der Waals surface area contributed by atoms with Gasteiger partial charge in [0, 0.05) is 18.8 Å². The van der Waals surface area contributed by atoms with Gasteiger partial charge in [0.15, 0.2) is 10.8 Å². The van der Waals surface area contributed by atoms with Crippen LogP contribution in [0.25, 0.3) is 0 Å². The van der Waals surface area contributed by atoms with Crippen molar-refractivity contribution in [1.29, 1.82) is 0 Å². The first-order chi connectivity index (χ1) is 11.1. The summed E-state index contributed by atoms with van der Waals surface area (Å²) in [6, 6.07) is 6.12. The Morgan fingerprint density at radius 1 is 1.17 bits per heavy atom. The van der Waals surface area contributed by atoms with Crippen LogP contribution < -0.4 is 5.32 Å². The van der Waals surface area contributed by atoms with Crippen LogP contribution in [0.1, 0.15) is 21.1 Å². The summed E-state index contributed by atoms with van der Waals surface area (Å²) in [4.78, 5) is 19.7. The molecule has 2 aromatic heterocycles. The predicted molar refractivity (Wildman–Crippen MR) is 84.1 cm³/mol. The minimum atomic E-state index is -0.507. The minimum absolute atomic E-state index is 0.0149. The van der Waals surface area contributed by atoms with Gasteiger partial charge >= 0.3 is 0 Å². The van der Waals surface area contributed by atoms with E-state index in [0.717, 1.165) is 5.56 Å². The highest BCUT2D eigenvalue weighted by molar-refractivity contribution is 7.15. The number of carbonyl (C=O) groups is 1. The molecule has 1 aromatic carbocycles. The molecule has 0 aliphatic rings. The highest BCUT2D eigenvalue weighted by Gasteiger charge is 2.15. The molecule has 0 radical (unpaired) electrons. The fourth-order valence-corrected chi connectivity index (χ4v) is 2.74. The summed E-state index contributed by atoms with van der Waals surface area (Å²) >= 11 is 7.03.